The van der Waals surface area contributed by atoms with E-state index in [1.165, 1.54) is 6.20 Å². The lowest BCUT2D eigenvalue weighted by atomic mass is 9.78. The van der Waals surface area contributed by atoms with Crippen LogP contribution in [-0.4, -0.2) is 5.91 Å². The third kappa shape index (κ3) is 2.34. The van der Waals surface area contributed by atoms with Crippen LogP contribution in [0.4, 0.5) is 5.69 Å². The molecule has 0 saturated carbocycles. The molecule has 0 unspecified atom stereocenters. The number of allylic oxidation sites excluding steroid dienone is 1. The van der Waals surface area contributed by atoms with E-state index in [1.807, 2.05) is 32.0 Å². The van der Waals surface area contributed by atoms with E-state index < -0.39 is 5.41 Å². The van der Waals surface area contributed by atoms with E-state index >= 15 is 0 Å². The van der Waals surface area contributed by atoms with Gasteiger partial charge in [0.25, 0.3) is 0 Å². The van der Waals surface area contributed by atoms with E-state index in [4.69, 9.17) is 10.5 Å². The molecule has 0 radical (unpaired) electrons. The monoisotopic (exact) mass is 266 g/mol. The summed E-state index contributed by atoms with van der Waals surface area (Å²) in [5, 5.41) is 23.1. The second-order valence-corrected chi connectivity index (χ2v) is 5.11. The molecule has 0 spiro atoms. The molecular formula is C15H14N4O. The quantitative estimate of drug-likeness (QED) is 0.800. The van der Waals surface area contributed by atoms with Crippen LogP contribution in [0.1, 0.15) is 25.0 Å². The highest BCUT2D eigenvalue weighted by Gasteiger charge is 2.35. The maximum atomic E-state index is 11.9. The summed E-state index contributed by atoms with van der Waals surface area (Å²) >= 11 is 0. The third-order valence-corrected chi connectivity index (χ3v) is 3.41. The van der Waals surface area contributed by atoms with Gasteiger partial charge in [0, 0.05) is 18.4 Å². The minimum atomic E-state index is -0.595. The van der Waals surface area contributed by atoms with Gasteiger partial charge in [-0.25, -0.2) is 0 Å². The van der Waals surface area contributed by atoms with Gasteiger partial charge in [0.1, 0.15) is 17.7 Å². The summed E-state index contributed by atoms with van der Waals surface area (Å²) in [5.41, 5.74) is 2.18. The molecule has 2 rings (SSSR count). The molecule has 0 aliphatic carbocycles. The summed E-state index contributed by atoms with van der Waals surface area (Å²) < 4.78 is 0. The molecule has 1 heterocycles. The van der Waals surface area contributed by atoms with Gasteiger partial charge in [0.05, 0.1) is 5.41 Å². The number of rotatable bonds is 2. The van der Waals surface area contributed by atoms with Crippen molar-refractivity contribution in [3.8, 4) is 12.1 Å². The summed E-state index contributed by atoms with van der Waals surface area (Å²) in [5.74, 6) is -0.00701. The van der Waals surface area contributed by atoms with E-state index in [-0.39, 0.29) is 11.5 Å². The first-order valence-electron chi connectivity index (χ1n) is 6.17. The maximum absolute atomic E-state index is 11.9. The van der Waals surface area contributed by atoms with Crippen LogP contribution in [0, 0.1) is 22.7 Å². The second kappa shape index (κ2) is 5.07. The number of hydrogen-bond acceptors (Lipinski definition) is 4. The maximum Gasteiger partial charge on any atom is 0.230 e. The fraction of sp³-hybridized carbons (Fsp3) is 0.267. The molecular weight excluding hydrogens is 252 g/mol. The summed E-state index contributed by atoms with van der Waals surface area (Å²) in [6.45, 7) is 4.27. The molecule has 1 aliphatic heterocycles. The van der Waals surface area contributed by atoms with Crippen LogP contribution in [0.5, 0.6) is 0 Å². The molecule has 100 valence electrons. The van der Waals surface area contributed by atoms with Crippen molar-refractivity contribution in [3.05, 3.63) is 41.1 Å². The van der Waals surface area contributed by atoms with Crippen molar-refractivity contribution >= 4 is 11.6 Å². The van der Waals surface area contributed by atoms with E-state index in [2.05, 4.69) is 10.6 Å². The molecule has 20 heavy (non-hydrogen) atoms. The smallest absolute Gasteiger partial charge is 0.230 e. The van der Waals surface area contributed by atoms with Crippen LogP contribution in [0.15, 0.2) is 30.0 Å². The number of anilines is 1. The summed E-state index contributed by atoms with van der Waals surface area (Å²) in [6.07, 6.45) is 1.36. The van der Waals surface area contributed by atoms with Crippen molar-refractivity contribution < 1.29 is 4.79 Å². The SMILES string of the molecule is CC1(C)C(=O)NCc2ccc(NC=C(C#N)C#N)cc21. The summed E-state index contributed by atoms with van der Waals surface area (Å²) in [4.78, 5) is 11.9. The van der Waals surface area contributed by atoms with Crippen LogP contribution in [-0.2, 0) is 16.8 Å². The Morgan fingerprint density at radius 1 is 1.40 bits per heavy atom. The molecule has 0 atom stereocenters. The largest absolute Gasteiger partial charge is 0.360 e. The Morgan fingerprint density at radius 2 is 2.10 bits per heavy atom. The Morgan fingerprint density at radius 3 is 2.75 bits per heavy atom. The molecule has 5 heteroatoms. The standard InChI is InChI=1S/C15H14N4O/c1-15(2)13-5-12(18-8-10(6-16)7-17)4-3-11(13)9-19-14(15)20/h3-5,8,18H,9H2,1-2H3,(H,19,20). The van der Waals surface area contributed by atoms with Gasteiger partial charge in [0.15, 0.2) is 0 Å². The average molecular weight is 266 g/mol. The Balaban J connectivity index is 2.35. The molecule has 1 aliphatic rings. The van der Waals surface area contributed by atoms with Gasteiger partial charge in [-0.05, 0) is 37.1 Å². The van der Waals surface area contributed by atoms with E-state index in [1.54, 1.807) is 12.1 Å². The number of fused-ring (bicyclic) bond motifs is 1. The van der Waals surface area contributed by atoms with Crippen LogP contribution < -0.4 is 10.6 Å². The zero-order valence-electron chi connectivity index (χ0n) is 11.3. The number of hydrogen-bond donors (Lipinski definition) is 2. The second-order valence-electron chi connectivity index (χ2n) is 5.11. The average Bonchev–Trinajstić information content (AvgIpc) is 2.45. The van der Waals surface area contributed by atoms with Crippen molar-refractivity contribution in [2.24, 2.45) is 0 Å². The Kier molecular flexibility index (Phi) is 3.45. The van der Waals surface area contributed by atoms with Crippen LogP contribution in [0.25, 0.3) is 0 Å². The number of benzene rings is 1. The Bertz CT molecular complexity index is 658. The van der Waals surface area contributed by atoms with Crippen molar-refractivity contribution in [2.75, 3.05) is 5.32 Å². The Labute approximate surface area is 117 Å². The number of carbonyl (C=O) groups excluding carboxylic acids is 1. The summed E-state index contributed by atoms with van der Waals surface area (Å²) in [7, 11) is 0. The lowest BCUT2D eigenvalue weighted by Crippen LogP contribution is -2.44. The topological polar surface area (TPSA) is 88.7 Å². The normalized spacial score (nSPS) is 15.1. The van der Waals surface area contributed by atoms with Crippen molar-refractivity contribution in [1.82, 2.24) is 5.32 Å². The zero-order valence-corrected chi connectivity index (χ0v) is 11.3. The van der Waals surface area contributed by atoms with E-state index in [0.717, 1.165) is 16.8 Å². The molecule has 2 N–H and O–H groups in total. The molecule has 0 bridgehead atoms. The van der Waals surface area contributed by atoms with Crippen LogP contribution in [0.2, 0.25) is 0 Å². The first-order valence-corrected chi connectivity index (χ1v) is 6.17. The number of nitriles is 2. The predicted molar refractivity (Wildman–Crippen MR) is 74.2 cm³/mol. The molecule has 5 nitrogen and oxygen atoms in total. The third-order valence-electron chi connectivity index (χ3n) is 3.41. The van der Waals surface area contributed by atoms with Gasteiger partial charge in [-0.2, -0.15) is 10.5 Å². The highest BCUT2D eigenvalue weighted by atomic mass is 16.2. The van der Waals surface area contributed by atoms with Crippen LogP contribution >= 0.6 is 0 Å². The molecule has 1 amide bonds. The number of amides is 1. The van der Waals surface area contributed by atoms with Gasteiger partial charge in [-0.3, -0.25) is 4.79 Å². The van der Waals surface area contributed by atoms with Crippen molar-refractivity contribution in [2.45, 2.75) is 25.8 Å². The minimum Gasteiger partial charge on any atom is -0.360 e. The molecule has 0 saturated heterocycles. The molecule has 1 aromatic rings. The lowest BCUT2D eigenvalue weighted by Gasteiger charge is -2.32. The molecule has 0 fully saturated rings. The summed E-state index contributed by atoms with van der Waals surface area (Å²) in [6, 6.07) is 9.24. The minimum absolute atomic E-state index is 0.000256. The fourth-order valence-corrected chi connectivity index (χ4v) is 2.17. The van der Waals surface area contributed by atoms with Crippen molar-refractivity contribution in [1.29, 1.82) is 10.5 Å². The first kappa shape index (κ1) is 13.6. The van der Waals surface area contributed by atoms with E-state index in [0.29, 0.717) is 6.54 Å². The molecule has 0 aromatic heterocycles. The fourth-order valence-electron chi connectivity index (χ4n) is 2.17. The lowest BCUT2D eigenvalue weighted by molar-refractivity contribution is -0.126. The Hall–Kier alpha value is -2.79. The van der Waals surface area contributed by atoms with Gasteiger partial charge >= 0.3 is 0 Å². The molecule has 1 aromatic carbocycles. The number of nitrogens with zero attached hydrogens (tertiary/aromatic N) is 2. The predicted octanol–water partition coefficient (Wildman–Crippen LogP) is 1.94. The van der Waals surface area contributed by atoms with Gasteiger partial charge in [-0.1, -0.05) is 6.07 Å². The number of carbonyl (C=O) groups is 1. The highest BCUT2D eigenvalue weighted by Crippen LogP contribution is 2.32. The zero-order chi connectivity index (χ0) is 14.8. The number of nitrogens with one attached hydrogen (secondary N) is 2. The van der Waals surface area contributed by atoms with Gasteiger partial charge in [-0.15, -0.1) is 0 Å². The van der Waals surface area contributed by atoms with Crippen molar-refractivity contribution in [3.63, 3.8) is 0 Å². The van der Waals surface area contributed by atoms with E-state index in [9.17, 15) is 4.79 Å². The van der Waals surface area contributed by atoms with Crippen LogP contribution in [0.3, 0.4) is 0 Å². The van der Waals surface area contributed by atoms with Gasteiger partial charge < -0.3 is 10.6 Å². The van der Waals surface area contributed by atoms with Gasteiger partial charge in [0.2, 0.25) is 5.91 Å². The highest BCUT2D eigenvalue weighted by molar-refractivity contribution is 5.89. The first-order chi connectivity index (χ1) is 9.48.